The van der Waals surface area contributed by atoms with Gasteiger partial charge >= 0.3 is 0 Å². The molecule has 4 heteroatoms. The molecule has 1 N–H and O–H groups in total. The predicted octanol–water partition coefficient (Wildman–Crippen LogP) is 3.90. The zero-order chi connectivity index (χ0) is 13.0. The highest BCUT2D eigenvalue weighted by atomic mass is 32.1. The summed E-state index contributed by atoms with van der Waals surface area (Å²) in [6, 6.07) is 0. The summed E-state index contributed by atoms with van der Waals surface area (Å²) in [5, 5.41) is 0. The molecule has 1 aliphatic rings. The number of aromatic nitrogens is 2. The first kappa shape index (κ1) is 13.7. The molecule has 0 aliphatic heterocycles. The normalized spacial score (nSPS) is 16.3. The molecule has 0 amide bonds. The fraction of sp³-hybridized carbons (Fsp3) is 0.714. The van der Waals surface area contributed by atoms with Gasteiger partial charge in [-0.3, -0.25) is 0 Å². The second-order valence-electron chi connectivity index (χ2n) is 4.82. The van der Waals surface area contributed by atoms with Gasteiger partial charge in [-0.2, -0.15) is 0 Å². The lowest BCUT2D eigenvalue weighted by Gasteiger charge is -2.20. The Morgan fingerprint density at radius 3 is 2.83 bits per heavy atom. The number of H-pyrrole nitrogens is 1. The van der Waals surface area contributed by atoms with Crippen LogP contribution in [0.4, 0.5) is 0 Å². The quantitative estimate of drug-likeness (QED) is 0.821. The van der Waals surface area contributed by atoms with Gasteiger partial charge in [-0.15, -0.1) is 0 Å². The van der Waals surface area contributed by atoms with Crippen molar-refractivity contribution in [1.82, 2.24) is 9.97 Å². The van der Waals surface area contributed by atoms with Crippen molar-refractivity contribution in [3.63, 3.8) is 0 Å². The van der Waals surface area contributed by atoms with Crippen LogP contribution in [-0.4, -0.2) is 16.6 Å². The Morgan fingerprint density at radius 2 is 2.11 bits per heavy atom. The van der Waals surface area contributed by atoms with Crippen LogP contribution in [0.25, 0.3) is 0 Å². The number of aromatic amines is 1. The third-order valence-corrected chi connectivity index (χ3v) is 3.79. The van der Waals surface area contributed by atoms with E-state index in [-0.39, 0.29) is 6.10 Å². The number of nitrogens with zero attached hydrogens (tertiary/aromatic N) is 1. The molecule has 0 saturated carbocycles. The molecule has 1 atom stereocenters. The molecule has 1 aliphatic carbocycles. The van der Waals surface area contributed by atoms with E-state index in [1.54, 1.807) is 0 Å². The van der Waals surface area contributed by atoms with Gasteiger partial charge in [0.05, 0.1) is 0 Å². The van der Waals surface area contributed by atoms with Crippen molar-refractivity contribution in [1.29, 1.82) is 0 Å². The van der Waals surface area contributed by atoms with Gasteiger partial charge in [-0.25, -0.2) is 4.98 Å². The number of rotatable bonds is 5. The summed E-state index contributed by atoms with van der Waals surface area (Å²) in [5.74, 6) is 0.921. The van der Waals surface area contributed by atoms with Gasteiger partial charge in [-0.05, 0) is 39.0 Å². The lowest BCUT2D eigenvalue weighted by Crippen LogP contribution is -2.14. The van der Waals surface area contributed by atoms with Crippen molar-refractivity contribution in [3.8, 4) is 0 Å². The Labute approximate surface area is 114 Å². The molecule has 1 unspecified atom stereocenters. The highest BCUT2D eigenvalue weighted by Crippen LogP contribution is 2.24. The maximum atomic E-state index is 5.77. The average Bonchev–Trinajstić information content (AvgIpc) is 2.38. The molecule has 0 spiro atoms. The zero-order valence-corrected chi connectivity index (χ0v) is 12.1. The third-order valence-electron chi connectivity index (χ3n) is 3.45. The molecule has 1 aromatic heterocycles. The van der Waals surface area contributed by atoms with Gasteiger partial charge < -0.3 is 9.72 Å². The van der Waals surface area contributed by atoms with E-state index >= 15 is 0 Å². The largest absolute Gasteiger partial charge is 0.371 e. The van der Waals surface area contributed by atoms with Crippen LogP contribution < -0.4 is 0 Å². The van der Waals surface area contributed by atoms with Crippen LogP contribution >= 0.6 is 12.2 Å². The minimum Gasteiger partial charge on any atom is -0.371 e. The molecule has 3 nitrogen and oxygen atoms in total. The smallest absolute Gasteiger partial charge is 0.137 e. The van der Waals surface area contributed by atoms with E-state index in [2.05, 4.69) is 16.9 Å². The van der Waals surface area contributed by atoms with E-state index in [9.17, 15) is 0 Å². The third kappa shape index (κ3) is 2.98. The standard InChI is InChI=1S/C14H22N2OS/c1-3-7-12(17-4-2)13-15-11-9-6-5-8-10(11)14(18)16-13/h12H,3-9H2,1-2H3,(H,15,16,18). The van der Waals surface area contributed by atoms with Crippen LogP contribution in [0.5, 0.6) is 0 Å². The Bertz CT molecular complexity index is 450. The Kier molecular flexibility index (Phi) is 4.89. The molecule has 100 valence electrons. The molecule has 18 heavy (non-hydrogen) atoms. The maximum absolute atomic E-state index is 5.77. The van der Waals surface area contributed by atoms with E-state index in [4.69, 9.17) is 17.0 Å². The first-order valence-corrected chi connectivity index (χ1v) is 7.40. The fourth-order valence-corrected chi connectivity index (χ4v) is 2.88. The van der Waals surface area contributed by atoms with Gasteiger partial charge in [0.2, 0.25) is 0 Å². The lowest BCUT2D eigenvalue weighted by atomic mass is 9.97. The van der Waals surface area contributed by atoms with Gasteiger partial charge in [0.1, 0.15) is 16.6 Å². The second-order valence-corrected chi connectivity index (χ2v) is 5.21. The average molecular weight is 266 g/mol. The summed E-state index contributed by atoms with van der Waals surface area (Å²) in [6.45, 7) is 4.90. The van der Waals surface area contributed by atoms with Crippen LogP contribution in [0.3, 0.4) is 0 Å². The topological polar surface area (TPSA) is 37.9 Å². The summed E-state index contributed by atoms with van der Waals surface area (Å²) in [6.07, 6.45) is 6.79. The molecular weight excluding hydrogens is 244 g/mol. The molecule has 2 rings (SSSR count). The monoisotopic (exact) mass is 266 g/mol. The molecule has 0 radical (unpaired) electrons. The summed E-state index contributed by atoms with van der Waals surface area (Å²) < 4.78 is 6.55. The Morgan fingerprint density at radius 1 is 1.33 bits per heavy atom. The highest BCUT2D eigenvalue weighted by Gasteiger charge is 2.18. The number of hydrogen-bond acceptors (Lipinski definition) is 3. The molecule has 1 aromatic rings. The van der Waals surface area contributed by atoms with Crippen molar-refractivity contribution < 1.29 is 4.74 Å². The fourth-order valence-electron chi connectivity index (χ4n) is 2.55. The molecule has 0 aromatic carbocycles. The van der Waals surface area contributed by atoms with Crippen LogP contribution in [0.1, 0.15) is 62.7 Å². The molecule has 0 bridgehead atoms. The molecular formula is C14H22N2OS. The summed E-state index contributed by atoms with van der Waals surface area (Å²) in [4.78, 5) is 8.03. The lowest BCUT2D eigenvalue weighted by molar-refractivity contribution is 0.0490. The minimum absolute atomic E-state index is 0.0638. The van der Waals surface area contributed by atoms with E-state index in [1.807, 2.05) is 6.92 Å². The zero-order valence-electron chi connectivity index (χ0n) is 11.3. The maximum Gasteiger partial charge on any atom is 0.137 e. The van der Waals surface area contributed by atoms with Crippen molar-refractivity contribution in [2.45, 2.75) is 58.5 Å². The second kappa shape index (κ2) is 6.43. The molecule has 0 saturated heterocycles. The van der Waals surface area contributed by atoms with E-state index in [0.29, 0.717) is 6.61 Å². The van der Waals surface area contributed by atoms with Gasteiger partial charge in [0.25, 0.3) is 0 Å². The SMILES string of the molecule is CCCC(OCC)c1nc(=S)c2c([nH]1)CCCC2. The van der Waals surface area contributed by atoms with Gasteiger partial charge in [0, 0.05) is 17.9 Å². The number of ether oxygens (including phenoxy) is 1. The van der Waals surface area contributed by atoms with Crippen LogP contribution in [0.2, 0.25) is 0 Å². The molecule has 1 heterocycles. The van der Waals surface area contributed by atoms with Crippen molar-refractivity contribution in [3.05, 3.63) is 21.7 Å². The van der Waals surface area contributed by atoms with Crippen molar-refractivity contribution in [2.75, 3.05) is 6.61 Å². The van der Waals surface area contributed by atoms with Crippen LogP contribution in [0.15, 0.2) is 0 Å². The molecule has 0 fully saturated rings. The van der Waals surface area contributed by atoms with E-state index < -0.39 is 0 Å². The summed E-state index contributed by atoms with van der Waals surface area (Å²) in [7, 11) is 0. The number of hydrogen-bond donors (Lipinski definition) is 1. The summed E-state index contributed by atoms with van der Waals surface area (Å²) in [5.41, 5.74) is 2.55. The number of fused-ring (bicyclic) bond motifs is 1. The van der Waals surface area contributed by atoms with Crippen molar-refractivity contribution >= 4 is 12.2 Å². The van der Waals surface area contributed by atoms with Gasteiger partial charge in [0.15, 0.2) is 0 Å². The summed E-state index contributed by atoms with van der Waals surface area (Å²) >= 11 is 5.43. The minimum atomic E-state index is 0.0638. The van der Waals surface area contributed by atoms with Crippen LogP contribution in [-0.2, 0) is 17.6 Å². The first-order chi connectivity index (χ1) is 8.76. The first-order valence-electron chi connectivity index (χ1n) is 6.99. The van der Waals surface area contributed by atoms with Crippen molar-refractivity contribution in [2.24, 2.45) is 0 Å². The van der Waals surface area contributed by atoms with Crippen LogP contribution in [0, 0.1) is 4.64 Å². The van der Waals surface area contributed by atoms with E-state index in [0.717, 1.165) is 36.1 Å². The number of aryl methyl sites for hydroxylation is 1. The van der Waals surface area contributed by atoms with E-state index in [1.165, 1.54) is 24.1 Å². The Balaban J connectivity index is 2.32. The Hall–Kier alpha value is -0.740. The van der Waals surface area contributed by atoms with Gasteiger partial charge in [-0.1, -0.05) is 25.6 Å². The predicted molar refractivity (Wildman–Crippen MR) is 75.3 cm³/mol. The number of nitrogens with one attached hydrogen (secondary N) is 1. The highest BCUT2D eigenvalue weighted by molar-refractivity contribution is 7.71.